The molecule has 1 aromatic carbocycles. The Balaban J connectivity index is 1.88. The summed E-state index contributed by atoms with van der Waals surface area (Å²) in [6.45, 7) is 8.37. The molecule has 0 saturated carbocycles. The number of hydrogen-bond acceptors (Lipinski definition) is 4. The lowest BCUT2D eigenvalue weighted by Gasteiger charge is -2.10. The Morgan fingerprint density at radius 1 is 1.21 bits per heavy atom. The molecule has 102 valence electrons. The lowest BCUT2D eigenvalue weighted by molar-refractivity contribution is 0.373. The lowest BCUT2D eigenvalue weighted by atomic mass is 9.96. The van der Waals surface area contributed by atoms with Crippen LogP contribution in [0.5, 0.6) is 0 Å². The Hall–Kier alpha value is -1.29. The highest BCUT2D eigenvalue weighted by Crippen LogP contribution is 2.21. The van der Waals surface area contributed by atoms with Crippen molar-refractivity contribution < 1.29 is 4.52 Å². The Kier molecular flexibility index (Phi) is 4.30. The van der Waals surface area contributed by atoms with Gasteiger partial charge in [-0.3, -0.25) is 0 Å². The first-order chi connectivity index (χ1) is 8.95. The molecule has 0 radical (unpaired) electrons. The maximum absolute atomic E-state index is 5.27. The van der Waals surface area contributed by atoms with Crippen LogP contribution in [0.25, 0.3) is 0 Å². The van der Waals surface area contributed by atoms with Crippen molar-refractivity contribution in [3.05, 3.63) is 47.1 Å². The summed E-state index contributed by atoms with van der Waals surface area (Å²) < 4.78 is 5.27. The molecule has 3 nitrogen and oxygen atoms in total. The monoisotopic (exact) mass is 276 g/mol. The summed E-state index contributed by atoms with van der Waals surface area (Å²) in [5.41, 5.74) is 2.58. The van der Waals surface area contributed by atoms with Crippen molar-refractivity contribution in [2.24, 2.45) is 0 Å². The summed E-state index contributed by atoms with van der Waals surface area (Å²) >= 11 is 1.80. The highest BCUT2D eigenvalue weighted by Gasteiger charge is 2.20. The van der Waals surface area contributed by atoms with E-state index in [0.717, 1.165) is 17.3 Å². The number of aryl methyl sites for hydroxylation is 1. The SMILES string of the molecule is Cc1cccc(CSCc2nc(C(C)(C)C)no2)c1. The van der Waals surface area contributed by atoms with Crippen LogP contribution >= 0.6 is 11.8 Å². The van der Waals surface area contributed by atoms with Crippen LogP contribution in [-0.2, 0) is 16.9 Å². The molecule has 4 heteroatoms. The van der Waals surface area contributed by atoms with Crippen molar-refractivity contribution in [3.63, 3.8) is 0 Å². The highest BCUT2D eigenvalue weighted by atomic mass is 32.2. The topological polar surface area (TPSA) is 38.9 Å². The molecule has 1 heterocycles. The van der Waals surface area contributed by atoms with Crippen LogP contribution in [0, 0.1) is 6.92 Å². The molecule has 0 fully saturated rings. The molecule has 2 rings (SSSR count). The van der Waals surface area contributed by atoms with Crippen molar-refractivity contribution in [1.82, 2.24) is 10.1 Å². The van der Waals surface area contributed by atoms with E-state index < -0.39 is 0 Å². The molecule has 0 bridgehead atoms. The fourth-order valence-electron chi connectivity index (χ4n) is 1.68. The van der Waals surface area contributed by atoms with E-state index in [9.17, 15) is 0 Å². The molecule has 0 aliphatic heterocycles. The average molecular weight is 276 g/mol. The Morgan fingerprint density at radius 3 is 2.63 bits per heavy atom. The quantitative estimate of drug-likeness (QED) is 0.842. The van der Waals surface area contributed by atoms with Gasteiger partial charge in [0.05, 0.1) is 5.75 Å². The fraction of sp³-hybridized carbons (Fsp3) is 0.467. The summed E-state index contributed by atoms with van der Waals surface area (Å²) in [5, 5.41) is 4.03. The molecule has 0 aliphatic rings. The molecule has 0 atom stereocenters. The van der Waals surface area contributed by atoms with Gasteiger partial charge >= 0.3 is 0 Å². The highest BCUT2D eigenvalue weighted by molar-refractivity contribution is 7.97. The molecule has 0 amide bonds. The second-order valence-corrected chi connectivity index (χ2v) is 6.73. The zero-order valence-corrected chi connectivity index (χ0v) is 12.8. The zero-order valence-electron chi connectivity index (χ0n) is 11.9. The molecule has 0 unspecified atom stereocenters. The fourth-order valence-corrected chi connectivity index (χ4v) is 2.49. The van der Waals surface area contributed by atoms with Gasteiger partial charge in [-0.2, -0.15) is 4.98 Å². The summed E-state index contributed by atoms with van der Waals surface area (Å²) in [5.74, 6) is 3.22. The third-order valence-electron chi connectivity index (χ3n) is 2.72. The Labute approximate surface area is 118 Å². The molecule has 2 aromatic rings. The van der Waals surface area contributed by atoms with Crippen LogP contribution < -0.4 is 0 Å². The third-order valence-corrected chi connectivity index (χ3v) is 3.70. The van der Waals surface area contributed by atoms with Crippen LogP contribution in [0.4, 0.5) is 0 Å². The maximum atomic E-state index is 5.27. The Morgan fingerprint density at radius 2 is 2.00 bits per heavy atom. The van der Waals surface area contributed by atoms with Crippen LogP contribution in [0.1, 0.15) is 43.6 Å². The van der Waals surface area contributed by atoms with Crippen LogP contribution in [-0.4, -0.2) is 10.1 Å². The van der Waals surface area contributed by atoms with E-state index in [4.69, 9.17) is 4.52 Å². The number of nitrogens with zero attached hydrogens (tertiary/aromatic N) is 2. The molecular formula is C15H20N2OS. The van der Waals surface area contributed by atoms with E-state index in [0.29, 0.717) is 5.89 Å². The van der Waals surface area contributed by atoms with Crippen molar-refractivity contribution in [1.29, 1.82) is 0 Å². The zero-order chi connectivity index (χ0) is 13.9. The lowest BCUT2D eigenvalue weighted by Crippen LogP contribution is -2.13. The van der Waals surface area contributed by atoms with E-state index in [2.05, 4.69) is 62.1 Å². The van der Waals surface area contributed by atoms with Crippen LogP contribution in [0.15, 0.2) is 28.8 Å². The number of benzene rings is 1. The van der Waals surface area contributed by atoms with E-state index >= 15 is 0 Å². The third kappa shape index (κ3) is 4.10. The molecule has 0 N–H and O–H groups in total. The summed E-state index contributed by atoms with van der Waals surface area (Å²) in [6.07, 6.45) is 0. The van der Waals surface area contributed by atoms with Crippen LogP contribution in [0.2, 0.25) is 0 Å². The first kappa shape index (κ1) is 14.1. The second kappa shape index (κ2) is 5.78. The first-order valence-corrected chi connectivity index (χ1v) is 7.57. The maximum Gasteiger partial charge on any atom is 0.236 e. The predicted molar refractivity (Wildman–Crippen MR) is 79.2 cm³/mol. The van der Waals surface area contributed by atoms with Gasteiger partial charge in [-0.25, -0.2) is 0 Å². The van der Waals surface area contributed by atoms with Gasteiger partial charge in [-0.1, -0.05) is 55.8 Å². The van der Waals surface area contributed by atoms with Gasteiger partial charge in [-0.15, -0.1) is 11.8 Å². The van der Waals surface area contributed by atoms with Crippen molar-refractivity contribution in [2.75, 3.05) is 0 Å². The molecular weight excluding hydrogens is 256 g/mol. The minimum absolute atomic E-state index is 0.0526. The van der Waals surface area contributed by atoms with Gasteiger partial charge in [0.1, 0.15) is 0 Å². The van der Waals surface area contributed by atoms with Crippen LogP contribution in [0.3, 0.4) is 0 Å². The van der Waals surface area contributed by atoms with Gasteiger partial charge in [0, 0.05) is 11.2 Å². The smallest absolute Gasteiger partial charge is 0.236 e. The summed E-state index contributed by atoms with van der Waals surface area (Å²) in [6, 6.07) is 8.56. The molecule has 0 spiro atoms. The summed E-state index contributed by atoms with van der Waals surface area (Å²) in [7, 11) is 0. The van der Waals surface area contributed by atoms with Gasteiger partial charge in [0.25, 0.3) is 0 Å². The second-order valence-electron chi connectivity index (χ2n) is 5.74. The Bertz CT molecular complexity index is 543. The number of rotatable bonds is 4. The van der Waals surface area contributed by atoms with Crippen molar-refractivity contribution >= 4 is 11.8 Å². The predicted octanol–water partition coefficient (Wildman–Crippen LogP) is 4.11. The van der Waals surface area contributed by atoms with E-state index in [1.165, 1.54) is 11.1 Å². The van der Waals surface area contributed by atoms with Crippen molar-refractivity contribution in [3.8, 4) is 0 Å². The van der Waals surface area contributed by atoms with Crippen molar-refractivity contribution in [2.45, 2.75) is 44.6 Å². The molecule has 19 heavy (non-hydrogen) atoms. The number of hydrogen-bond donors (Lipinski definition) is 0. The normalized spacial score (nSPS) is 11.8. The summed E-state index contributed by atoms with van der Waals surface area (Å²) in [4.78, 5) is 4.43. The molecule has 0 saturated heterocycles. The van der Waals surface area contributed by atoms with E-state index in [-0.39, 0.29) is 5.41 Å². The van der Waals surface area contributed by atoms with Gasteiger partial charge < -0.3 is 4.52 Å². The number of thioether (sulfide) groups is 1. The van der Waals surface area contributed by atoms with Gasteiger partial charge in [0.15, 0.2) is 5.82 Å². The van der Waals surface area contributed by atoms with Gasteiger partial charge in [-0.05, 0) is 12.5 Å². The van der Waals surface area contributed by atoms with E-state index in [1.54, 1.807) is 11.8 Å². The molecule has 0 aliphatic carbocycles. The van der Waals surface area contributed by atoms with Gasteiger partial charge in [0.2, 0.25) is 5.89 Å². The number of aromatic nitrogens is 2. The minimum atomic E-state index is -0.0526. The standard InChI is InChI=1S/C15H20N2OS/c1-11-6-5-7-12(8-11)9-19-10-13-16-14(17-18-13)15(2,3)4/h5-8H,9-10H2,1-4H3. The first-order valence-electron chi connectivity index (χ1n) is 6.41. The molecule has 1 aromatic heterocycles. The average Bonchev–Trinajstić information content (AvgIpc) is 2.77. The minimum Gasteiger partial charge on any atom is -0.338 e. The largest absolute Gasteiger partial charge is 0.338 e. The van der Waals surface area contributed by atoms with E-state index in [1.807, 2.05) is 0 Å².